The van der Waals surface area contributed by atoms with E-state index in [1.54, 1.807) is 24.3 Å². The van der Waals surface area contributed by atoms with Crippen molar-refractivity contribution in [2.45, 2.75) is 19.4 Å². The Morgan fingerprint density at radius 3 is 2.75 bits per heavy atom. The van der Waals surface area contributed by atoms with Crippen LogP contribution in [-0.4, -0.2) is 35.9 Å². The molecule has 164 valence electrons. The van der Waals surface area contributed by atoms with Crippen LogP contribution in [-0.2, 0) is 9.59 Å². The van der Waals surface area contributed by atoms with Gasteiger partial charge >= 0.3 is 0 Å². The summed E-state index contributed by atoms with van der Waals surface area (Å²) in [6, 6.07) is 14.3. The van der Waals surface area contributed by atoms with E-state index in [2.05, 4.69) is 20.9 Å². The predicted octanol–water partition coefficient (Wildman–Crippen LogP) is 3.14. The van der Waals surface area contributed by atoms with Crippen LogP contribution in [0.3, 0.4) is 0 Å². The van der Waals surface area contributed by atoms with Gasteiger partial charge in [-0.2, -0.15) is 0 Å². The fourth-order valence-electron chi connectivity index (χ4n) is 3.43. The fourth-order valence-corrected chi connectivity index (χ4v) is 4.16. The van der Waals surface area contributed by atoms with Crippen LogP contribution in [0.25, 0.3) is 11.3 Å². The number of benzene rings is 2. The second kappa shape index (κ2) is 9.61. The molecule has 1 atom stereocenters. The Morgan fingerprint density at radius 1 is 1.16 bits per heavy atom. The Bertz CT molecular complexity index is 1150. The SMILES string of the molecule is CC(=O)NC1CCOc2ccc(-c3csc(NC(=O)CNC(=O)c4ccccc4)n3)cc21. The number of nitrogens with zero attached hydrogens (tertiary/aromatic N) is 1. The molecule has 1 aliphatic rings. The van der Waals surface area contributed by atoms with Gasteiger partial charge in [-0.15, -0.1) is 11.3 Å². The summed E-state index contributed by atoms with van der Waals surface area (Å²) in [5.74, 6) is -0.0201. The van der Waals surface area contributed by atoms with Gasteiger partial charge < -0.3 is 20.7 Å². The number of amides is 3. The molecular weight excluding hydrogens is 428 g/mol. The average Bonchev–Trinajstić information content (AvgIpc) is 3.26. The molecule has 3 amide bonds. The summed E-state index contributed by atoms with van der Waals surface area (Å²) in [5.41, 5.74) is 2.96. The molecule has 1 aromatic heterocycles. The van der Waals surface area contributed by atoms with Gasteiger partial charge in [-0.25, -0.2) is 4.98 Å². The van der Waals surface area contributed by atoms with Crippen LogP contribution in [0.4, 0.5) is 5.13 Å². The van der Waals surface area contributed by atoms with Crippen LogP contribution < -0.4 is 20.7 Å². The quantitative estimate of drug-likeness (QED) is 0.535. The average molecular weight is 451 g/mol. The molecule has 8 nitrogen and oxygen atoms in total. The zero-order chi connectivity index (χ0) is 22.5. The number of carbonyl (C=O) groups excluding carboxylic acids is 3. The van der Waals surface area contributed by atoms with Crippen LogP contribution in [0.2, 0.25) is 0 Å². The van der Waals surface area contributed by atoms with Crippen molar-refractivity contribution in [2.75, 3.05) is 18.5 Å². The molecule has 3 aromatic rings. The standard InChI is InChI=1S/C23H22N4O4S/c1-14(28)25-18-9-10-31-20-8-7-16(11-17(18)20)19-13-32-23(26-19)27-21(29)12-24-22(30)15-5-3-2-4-6-15/h2-8,11,13,18H,9-10,12H2,1H3,(H,24,30)(H,25,28)(H,26,27,29). The molecule has 9 heteroatoms. The van der Waals surface area contributed by atoms with E-state index < -0.39 is 0 Å². The zero-order valence-electron chi connectivity index (χ0n) is 17.4. The van der Waals surface area contributed by atoms with Gasteiger partial charge in [0.05, 0.1) is 24.9 Å². The van der Waals surface area contributed by atoms with Crippen LogP contribution in [0, 0.1) is 0 Å². The first-order valence-corrected chi connectivity index (χ1v) is 11.0. The first kappa shape index (κ1) is 21.5. The number of thiazole rings is 1. The first-order chi connectivity index (χ1) is 15.5. The molecule has 1 aliphatic heterocycles. The van der Waals surface area contributed by atoms with E-state index in [4.69, 9.17) is 4.74 Å². The number of anilines is 1. The fraction of sp³-hybridized carbons (Fsp3) is 0.217. The number of hydrogen-bond acceptors (Lipinski definition) is 6. The van der Waals surface area contributed by atoms with E-state index in [1.807, 2.05) is 29.6 Å². The summed E-state index contributed by atoms with van der Waals surface area (Å²) in [7, 11) is 0. The Balaban J connectivity index is 1.40. The highest BCUT2D eigenvalue weighted by Gasteiger charge is 2.23. The third-order valence-electron chi connectivity index (χ3n) is 4.92. The smallest absolute Gasteiger partial charge is 0.251 e. The van der Waals surface area contributed by atoms with Crippen molar-refractivity contribution >= 4 is 34.2 Å². The van der Waals surface area contributed by atoms with E-state index in [1.165, 1.54) is 18.3 Å². The minimum Gasteiger partial charge on any atom is -0.493 e. The van der Waals surface area contributed by atoms with Crippen molar-refractivity contribution in [1.29, 1.82) is 0 Å². The van der Waals surface area contributed by atoms with E-state index in [0.29, 0.717) is 29.4 Å². The molecular formula is C23H22N4O4S. The Morgan fingerprint density at radius 2 is 1.97 bits per heavy atom. The molecule has 32 heavy (non-hydrogen) atoms. The summed E-state index contributed by atoms with van der Waals surface area (Å²) in [6.45, 7) is 1.89. The molecule has 0 aliphatic carbocycles. The molecule has 0 saturated heterocycles. The van der Waals surface area contributed by atoms with Crippen molar-refractivity contribution in [2.24, 2.45) is 0 Å². The second-order valence-corrected chi connectivity index (χ2v) is 8.14. The molecule has 0 radical (unpaired) electrons. The molecule has 1 unspecified atom stereocenters. The van der Waals surface area contributed by atoms with Gasteiger partial charge in [0.25, 0.3) is 5.91 Å². The van der Waals surface area contributed by atoms with Gasteiger partial charge in [0.1, 0.15) is 5.75 Å². The number of carbonyl (C=O) groups is 3. The normalized spacial score (nSPS) is 14.6. The van der Waals surface area contributed by atoms with Gasteiger partial charge in [0.15, 0.2) is 5.13 Å². The van der Waals surface area contributed by atoms with Gasteiger partial charge in [0, 0.05) is 35.4 Å². The molecule has 2 aromatic carbocycles. The number of nitrogens with one attached hydrogen (secondary N) is 3. The van der Waals surface area contributed by atoms with E-state index in [-0.39, 0.29) is 30.3 Å². The summed E-state index contributed by atoms with van der Waals surface area (Å²) in [5, 5.41) is 10.5. The predicted molar refractivity (Wildman–Crippen MR) is 122 cm³/mol. The van der Waals surface area contributed by atoms with Crippen LogP contribution >= 0.6 is 11.3 Å². The molecule has 2 heterocycles. The van der Waals surface area contributed by atoms with E-state index in [0.717, 1.165) is 16.9 Å². The minimum absolute atomic E-state index is 0.0914. The molecule has 4 rings (SSSR count). The van der Waals surface area contributed by atoms with Crippen LogP contribution in [0.15, 0.2) is 53.9 Å². The number of aromatic nitrogens is 1. The number of fused-ring (bicyclic) bond motifs is 1. The van der Waals surface area contributed by atoms with Gasteiger partial charge in [-0.05, 0) is 30.3 Å². The lowest BCUT2D eigenvalue weighted by molar-refractivity contribution is -0.120. The molecule has 3 N–H and O–H groups in total. The third kappa shape index (κ3) is 5.12. The molecule has 0 saturated carbocycles. The lowest BCUT2D eigenvalue weighted by Gasteiger charge is -2.26. The van der Waals surface area contributed by atoms with Gasteiger partial charge in [0.2, 0.25) is 11.8 Å². The zero-order valence-corrected chi connectivity index (χ0v) is 18.2. The van der Waals surface area contributed by atoms with Gasteiger partial charge in [-0.3, -0.25) is 14.4 Å². The maximum absolute atomic E-state index is 12.2. The van der Waals surface area contributed by atoms with Crippen LogP contribution in [0.1, 0.15) is 35.3 Å². The van der Waals surface area contributed by atoms with Crippen molar-refractivity contribution in [3.8, 4) is 17.0 Å². The van der Waals surface area contributed by atoms with Crippen molar-refractivity contribution in [3.05, 3.63) is 65.0 Å². The van der Waals surface area contributed by atoms with Crippen molar-refractivity contribution in [3.63, 3.8) is 0 Å². The minimum atomic E-state index is -0.361. The van der Waals surface area contributed by atoms with Gasteiger partial charge in [-0.1, -0.05) is 18.2 Å². The highest BCUT2D eigenvalue weighted by Crippen LogP contribution is 2.36. The van der Waals surface area contributed by atoms with E-state index >= 15 is 0 Å². The van der Waals surface area contributed by atoms with Crippen LogP contribution in [0.5, 0.6) is 5.75 Å². The number of hydrogen-bond donors (Lipinski definition) is 3. The number of rotatable bonds is 6. The highest BCUT2D eigenvalue weighted by molar-refractivity contribution is 7.14. The van der Waals surface area contributed by atoms with E-state index in [9.17, 15) is 14.4 Å². The summed E-state index contributed by atoms with van der Waals surface area (Å²) >= 11 is 1.30. The molecule has 0 bridgehead atoms. The Hall–Kier alpha value is -3.72. The summed E-state index contributed by atoms with van der Waals surface area (Å²) in [4.78, 5) is 40.3. The lowest BCUT2D eigenvalue weighted by Crippen LogP contribution is -2.32. The maximum Gasteiger partial charge on any atom is 0.251 e. The largest absolute Gasteiger partial charge is 0.493 e. The lowest BCUT2D eigenvalue weighted by atomic mass is 9.97. The first-order valence-electron chi connectivity index (χ1n) is 10.1. The second-order valence-electron chi connectivity index (χ2n) is 7.28. The number of ether oxygens (including phenoxy) is 1. The summed E-state index contributed by atoms with van der Waals surface area (Å²) < 4.78 is 5.70. The Kier molecular flexibility index (Phi) is 6.46. The molecule has 0 spiro atoms. The Labute approximate surface area is 189 Å². The maximum atomic E-state index is 12.2. The third-order valence-corrected chi connectivity index (χ3v) is 5.68. The van der Waals surface area contributed by atoms with Crippen molar-refractivity contribution in [1.82, 2.24) is 15.6 Å². The highest BCUT2D eigenvalue weighted by atomic mass is 32.1. The summed E-state index contributed by atoms with van der Waals surface area (Å²) in [6.07, 6.45) is 0.698. The molecule has 0 fully saturated rings. The van der Waals surface area contributed by atoms with Crippen molar-refractivity contribution < 1.29 is 19.1 Å². The monoisotopic (exact) mass is 450 g/mol. The topological polar surface area (TPSA) is 109 Å².